The molecule has 18 heavy (non-hydrogen) atoms. The maximum Gasteiger partial charge on any atom is -0.0123 e. The van der Waals surface area contributed by atoms with E-state index in [0.717, 1.165) is 6.42 Å². The van der Waals surface area contributed by atoms with Crippen molar-refractivity contribution >= 4 is 0 Å². The fourth-order valence-corrected chi connectivity index (χ4v) is 2.99. The average Bonchev–Trinajstić information content (AvgIpc) is 2.50. The molecule has 0 bridgehead atoms. The van der Waals surface area contributed by atoms with Gasteiger partial charge in [-0.2, -0.15) is 0 Å². The van der Waals surface area contributed by atoms with Gasteiger partial charge < -0.3 is 0 Å². The van der Waals surface area contributed by atoms with Gasteiger partial charge >= 0.3 is 0 Å². The van der Waals surface area contributed by atoms with Gasteiger partial charge in [0.05, 0.1) is 0 Å². The van der Waals surface area contributed by atoms with Crippen molar-refractivity contribution in [3.8, 4) is 0 Å². The summed E-state index contributed by atoms with van der Waals surface area (Å²) >= 11 is 0. The topological polar surface area (TPSA) is 0 Å². The fourth-order valence-electron chi connectivity index (χ4n) is 2.99. The standard InChI is InChI=1S/C16H22.C2H6/c1-4-7-13-8-5-9-14-10-6-11-16(2,3)12-15(13)14;1-2/h4-7,9,11,14-15H,1,8,10,12H2,2-3H3;1-2H3/b13-7+;. The molecule has 0 aromatic rings. The molecular weight excluding hydrogens is 216 g/mol. The van der Waals surface area contributed by atoms with Crippen molar-refractivity contribution in [3.63, 3.8) is 0 Å². The van der Waals surface area contributed by atoms with Gasteiger partial charge in [0.2, 0.25) is 0 Å². The Morgan fingerprint density at radius 1 is 1.28 bits per heavy atom. The molecule has 0 heteroatoms. The lowest BCUT2D eigenvalue weighted by Crippen LogP contribution is -2.22. The predicted molar refractivity (Wildman–Crippen MR) is 82.5 cm³/mol. The first-order chi connectivity index (χ1) is 8.62. The summed E-state index contributed by atoms with van der Waals surface area (Å²) in [6.07, 6.45) is 17.2. The first-order valence-electron chi connectivity index (χ1n) is 7.28. The van der Waals surface area contributed by atoms with E-state index in [4.69, 9.17) is 0 Å². The number of hydrogen-bond donors (Lipinski definition) is 0. The van der Waals surface area contributed by atoms with Crippen molar-refractivity contribution < 1.29 is 0 Å². The van der Waals surface area contributed by atoms with Crippen LogP contribution in [0.2, 0.25) is 0 Å². The molecule has 2 rings (SSSR count). The van der Waals surface area contributed by atoms with Crippen molar-refractivity contribution in [2.45, 2.75) is 47.0 Å². The van der Waals surface area contributed by atoms with Crippen molar-refractivity contribution in [2.24, 2.45) is 17.3 Å². The van der Waals surface area contributed by atoms with E-state index in [9.17, 15) is 0 Å². The third-order valence-corrected chi connectivity index (χ3v) is 3.79. The predicted octanol–water partition coefficient (Wildman–Crippen LogP) is 5.69. The van der Waals surface area contributed by atoms with Gasteiger partial charge in [-0.25, -0.2) is 0 Å². The van der Waals surface area contributed by atoms with Crippen LogP contribution in [0.15, 0.2) is 48.6 Å². The molecule has 2 aliphatic carbocycles. The zero-order valence-electron chi connectivity index (χ0n) is 12.4. The highest BCUT2D eigenvalue weighted by Gasteiger charge is 2.31. The molecule has 100 valence electrons. The normalized spacial score (nSPS) is 31.0. The molecule has 0 aromatic carbocycles. The molecule has 0 aromatic heterocycles. The monoisotopic (exact) mass is 244 g/mol. The third-order valence-electron chi connectivity index (χ3n) is 3.79. The molecule has 0 heterocycles. The second-order valence-electron chi connectivity index (χ2n) is 5.71. The third kappa shape index (κ3) is 3.73. The summed E-state index contributed by atoms with van der Waals surface area (Å²) in [5.41, 5.74) is 1.91. The maximum absolute atomic E-state index is 3.84. The summed E-state index contributed by atoms with van der Waals surface area (Å²) in [6, 6.07) is 0. The Bertz CT molecular complexity index is 352. The Hall–Kier alpha value is -1.04. The highest BCUT2D eigenvalue weighted by molar-refractivity contribution is 5.25. The zero-order valence-corrected chi connectivity index (χ0v) is 12.4. The van der Waals surface area contributed by atoms with Gasteiger partial charge in [0.1, 0.15) is 0 Å². The van der Waals surface area contributed by atoms with Crippen LogP contribution < -0.4 is 0 Å². The first-order valence-corrected chi connectivity index (χ1v) is 7.28. The SMILES string of the molecule is C=C/C=C1\CC=CC2CC=CC(C)(C)CC12.CC. The number of fused-ring (bicyclic) bond motifs is 1. The Labute approximate surface area is 113 Å². The van der Waals surface area contributed by atoms with Gasteiger partial charge in [0.25, 0.3) is 0 Å². The minimum absolute atomic E-state index is 0.338. The van der Waals surface area contributed by atoms with Crippen LogP contribution in [0.25, 0.3) is 0 Å². The smallest absolute Gasteiger partial charge is 0.0123 e. The van der Waals surface area contributed by atoms with Crippen LogP contribution >= 0.6 is 0 Å². The van der Waals surface area contributed by atoms with Crippen LogP contribution in [0.1, 0.15) is 47.0 Å². The maximum atomic E-state index is 3.84. The molecule has 0 amide bonds. The van der Waals surface area contributed by atoms with Crippen molar-refractivity contribution in [1.29, 1.82) is 0 Å². The summed E-state index contributed by atoms with van der Waals surface area (Å²) < 4.78 is 0. The Balaban J connectivity index is 0.000000771. The highest BCUT2D eigenvalue weighted by Crippen LogP contribution is 2.43. The van der Waals surface area contributed by atoms with Gasteiger partial charge in [0.15, 0.2) is 0 Å². The molecule has 0 saturated carbocycles. The van der Waals surface area contributed by atoms with Crippen LogP contribution in [0.5, 0.6) is 0 Å². The van der Waals surface area contributed by atoms with Gasteiger partial charge in [-0.05, 0) is 36.5 Å². The molecule has 2 aliphatic rings. The van der Waals surface area contributed by atoms with E-state index >= 15 is 0 Å². The lowest BCUT2D eigenvalue weighted by Gasteiger charge is -2.33. The summed E-state index contributed by atoms with van der Waals surface area (Å²) in [7, 11) is 0. The Morgan fingerprint density at radius 3 is 2.67 bits per heavy atom. The lowest BCUT2D eigenvalue weighted by molar-refractivity contribution is 0.315. The van der Waals surface area contributed by atoms with E-state index in [-0.39, 0.29) is 0 Å². The molecule has 0 radical (unpaired) electrons. The van der Waals surface area contributed by atoms with E-state index in [1.165, 1.54) is 12.8 Å². The molecule has 0 fully saturated rings. The number of allylic oxidation sites excluding steroid dienone is 7. The van der Waals surface area contributed by atoms with E-state index < -0.39 is 0 Å². The fraction of sp³-hybridized carbons (Fsp3) is 0.556. The van der Waals surface area contributed by atoms with Crippen LogP contribution in [0.3, 0.4) is 0 Å². The second-order valence-corrected chi connectivity index (χ2v) is 5.71. The van der Waals surface area contributed by atoms with Gasteiger partial charge in [-0.1, -0.05) is 76.3 Å². The van der Waals surface area contributed by atoms with Crippen molar-refractivity contribution in [1.82, 2.24) is 0 Å². The molecule has 0 N–H and O–H groups in total. The van der Waals surface area contributed by atoms with Gasteiger partial charge in [-0.15, -0.1) is 0 Å². The number of rotatable bonds is 1. The molecule has 2 atom stereocenters. The zero-order chi connectivity index (χ0) is 13.6. The van der Waals surface area contributed by atoms with Crippen LogP contribution in [-0.2, 0) is 0 Å². The lowest BCUT2D eigenvalue weighted by atomic mass is 9.72. The Kier molecular flexibility index (Phi) is 5.65. The van der Waals surface area contributed by atoms with Crippen LogP contribution in [-0.4, -0.2) is 0 Å². The molecular formula is C18H28. The van der Waals surface area contributed by atoms with Gasteiger partial charge in [0, 0.05) is 0 Å². The molecule has 0 spiro atoms. The average molecular weight is 244 g/mol. The largest absolute Gasteiger partial charge is 0.0991 e. The summed E-state index contributed by atoms with van der Waals surface area (Å²) in [5, 5.41) is 0. The summed E-state index contributed by atoms with van der Waals surface area (Å²) in [6.45, 7) is 12.5. The van der Waals surface area contributed by atoms with Crippen LogP contribution in [0, 0.1) is 17.3 Å². The highest BCUT2D eigenvalue weighted by atomic mass is 14.4. The quantitative estimate of drug-likeness (QED) is 0.519. The van der Waals surface area contributed by atoms with Crippen molar-refractivity contribution in [3.05, 3.63) is 48.6 Å². The molecule has 2 unspecified atom stereocenters. The molecule has 0 nitrogen and oxygen atoms in total. The van der Waals surface area contributed by atoms with Gasteiger partial charge in [-0.3, -0.25) is 0 Å². The molecule has 0 saturated heterocycles. The molecule has 0 aliphatic heterocycles. The number of hydrogen-bond acceptors (Lipinski definition) is 0. The van der Waals surface area contributed by atoms with Crippen LogP contribution in [0.4, 0.5) is 0 Å². The minimum Gasteiger partial charge on any atom is -0.0991 e. The van der Waals surface area contributed by atoms with E-state index in [1.807, 2.05) is 19.9 Å². The van der Waals surface area contributed by atoms with E-state index in [2.05, 4.69) is 50.8 Å². The second kappa shape index (κ2) is 6.78. The van der Waals surface area contributed by atoms with E-state index in [0.29, 0.717) is 17.3 Å². The first kappa shape index (κ1) is 15.0. The minimum atomic E-state index is 0.338. The summed E-state index contributed by atoms with van der Waals surface area (Å²) in [5.74, 6) is 1.42. The summed E-state index contributed by atoms with van der Waals surface area (Å²) in [4.78, 5) is 0. The van der Waals surface area contributed by atoms with Crippen molar-refractivity contribution in [2.75, 3.05) is 0 Å². The Morgan fingerprint density at radius 2 is 2.00 bits per heavy atom. The van der Waals surface area contributed by atoms with E-state index in [1.54, 1.807) is 5.57 Å².